The summed E-state index contributed by atoms with van der Waals surface area (Å²) in [5.74, 6) is -1.92. The number of carbonyl (C=O) groups excluding carboxylic acids is 3. The number of nitrogens with zero attached hydrogens (tertiary/aromatic N) is 1. The summed E-state index contributed by atoms with van der Waals surface area (Å²) in [6.45, 7) is -1.52. The van der Waals surface area contributed by atoms with E-state index in [4.69, 9.17) is 10.2 Å². The minimum Gasteiger partial charge on any atom is -0.395 e. The zero-order chi connectivity index (χ0) is 29.2. The largest absolute Gasteiger partial charge is 0.395 e. The molecule has 0 saturated heterocycles. The van der Waals surface area contributed by atoms with Crippen molar-refractivity contribution >= 4 is 91.2 Å². The molecule has 216 valence electrons. The number of amides is 3. The van der Waals surface area contributed by atoms with Gasteiger partial charge in [-0.25, -0.2) is 0 Å². The normalized spacial score (nSPS) is 14.4. The Morgan fingerprint density at radius 1 is 0.737 bits per heavy atom. The summed E-state index contributed by atoms with van der Waals surface area (Å²) in [7, 11) is 0. The van der Waals surface area contributed by atoms with Crippen molar-refractivity contribution in [3.63, 3.8) is 0 Å². The summed E-state index contributed by atoms with van der Waals surface area (Å²) in [6.07, 6.45) is -2.68. The van der Waals surface area contributed by atoms with Gasteiger partial charge in [-0.3, -0.25) is 14.4 Å². The third-order valence-electron chi connectivity index (χ3n) is 5.37. The molecule has 0 bridgehead atoms. The first-order valence-electron chi connectivity index (χ1n) is 11.4. The van der Waals surface area contributed by atoms with Crippen molar-refractivity contribution in [1.29, 1.82) is 0 Å². The Morgan fingerprint density at radius 2 is 1.13 bits per heavy atom. The Kier molecular flexibility index (Phi) is 16.3. The summed E-state index contributed by atoms with van der Waals surface area (Å²) in [4.78, 5) is 40.5. The Balaban J connectivity index is 3.73. The molecular formula is C22H32I3N3O10. The molecule has 0 saturated carbocycles. The molecular weight excluding hydrogens is 847 g/mol. The van der Waals surface area contributed by atoms with Crippen molar-refractivity contribution in [3.8, 4) is 0 Å². The van der Waals surface area contributed by atoms with Crippen LogP contribution in [0.15, 0.2) is 0 Å². The van der Waals surface area contributed by atoms with Gasteiger partial charge in [0, 0.05) is 17.0 Å². The van der Waals surface area contributed by atoms with E-state index in [1.165, 1.54) is 11.8 Å². The smallest absolute Gasteiger partial charge is 0.253 e. The first-order chi connectivity index (χ1) is 17.9. The fraction of sp³-hybridized carbons (Fsp3) is 0.591. The monoisotopic (exact) mass is 879 g/mol. The third-order valence-corrected chi connectivity index (χ3v) is 8.55. The van der Waals surface area contributed by atoms with Crippen LogP contribution in [0.2, 0.25) is 0 Å². The number of carbonyl (C=O) groups is 3. The fourth-order valence-electron chi connectivity index (χ4n) is 3.49. The average molecular weight is 879 g/mol. The lowest BCUT2D eigenvalue weighted by molar-refractivity contribution is -0.116. The number of aliphatic hydroxyl groups excluding tert-OH is 7. The molecule has 0 fully saturated rings. The van der Waals surface area contributed by atoms with Crippen molar-refractivity contribution in [2.75, 3.05) is 44.5 Å². The van der Waals surface area contributed by atoms with E-state index < -0.39 is 75.0 Å². The molecule has 4 unspecified atom stereocenters. The fourth-order valence-corrected chi connectivity index (χ4v) is 8.22. The summed E-state index contributed by atoms with van der Waals surface area (Å²) in [5, 5.41) is 71.8. The van der Waals surface area contributed by atoms with Gasteiger partial charge in [-0.2, -0.15) is 0 Å². The second-order valence-corrected chi connectivity index (χ2v) is 11.5. The Hall–Kier alpha value is -0.460. The van der Waals surface area contributed by atoms with Crippen LogP contribution in [-0.4, -0.2) is 117 Å². The van der Waals surface area contributed by atoms with E-state index in [9.17, 15) is 39.9 Å². The topological polar surface area (TPSA) is 220 Å². The number of nitrogens with one attached hydrogen (secondary N) is 2. The van der Waals surface area contributed by atoms with Gasteiger partial charge in [-0.05, 0) is 80.6 Å². The van der Waals surface area contributed by atoms with Gasteiger partial charge in [-0.1, -0.05) is 0 Å². The molecule has 0 aliphatic rings. The predicted molar refractivity (Wildman–Crippen MR) is 162 cm³/mol. The van der Waals surface area contributed by atoms with E-state index in [-0.39, 0.29) is 46.9 Å². The molecule has 1 aromatic rings. The molecule has 1 aromatic carbocycles. The molecule has 0 aliphatic heterocycles. The lowest BCUT2D eigenvalue weighted by Gasteiger charge is -2.28. The number of hydrogen-bond acceptors (Lipinski definition) is 10. The van der Waals surface area contributed by atoms with Gasteiger partial charge in [0.25, 0.3) is 11.8 Å². The first kappa shape index (κ1) is 35.6. The second kappa shape index (κ2) is 17.4. The first-order valence-corrected chi connectivity index (χ1v) is 14.6. The van der Waals surface area contributed by atoms with Gasteiger partial charge in [0.15, 0.2) is 0 Å². The van der Waals surface area contributed by atoms with E-state index in [0.29, 0.717) is 0 Å². The van der Waals surface area contributed by atoms with E-state index >= 15 is 0 Å². The highest BCUT2D eigenvalue weighted by Gasteiger charge is 2.32. The zero-order valence-corrected chi connectivity index (χ0v) is 26.9. The number of hydrogen-bond donors (Lipinski definition) is 9. The summed E-state index contributed by atoms with van der Waals surface area (Å²) >= 11 is 5.50. The molecule has 0 radical (unpaired) electrons. The van der Waals surface area contributed by atoms with Crippen LogP contribution in [0.1, 0.15) is 40.5 Å². The summed E-state index contributed by atoms with van der Waals surface area (Å²) in [5.41, 5.74) is 0.169. The van der Waals surface area contributed by atoms with Crippen LogP contribution >= 0.6 is 67.8 Å². The van der Waals surface area contributed by atoms with Crippen LogP contribution in [0.25, 0.3) is 0 Å². The molecule has 1 rings (SSSR count). The van der Waals surface area contributed by atoms with Crippen molar-refractivity contribution in [2.24, 2.45) is 0 Å². The zero-order valence-electron chi connectivity index (χ0n) is 20.4. The lowest BCUT2D eigenvalue weighted by atomic mass is 10.0. The van der Waals surface area contributed by atoms with Gasteiger partial charge in [0.2, 0.25) is 5.91 Å². The lowest BCUT2D eigenvalue weighted by Crippen LogP contribution is -2.43. The second-order valence-electron chi connectivity index (χ2n) is 8.28. The van der Waals surface area contributed by atoms with Gasteiger partial charge < -0.3 is 51.3 Å². The van der Waals surface area contributed by atoms with Gasteiger partial charge in [0.05, 0.1) is 81.3 Å². The van der Waals surface area contributed by atoms with Crippen LogP contribution in [-0.2, 0) is 4.79 Å². The average Bonchev–Trinajstić information content (AvgIpc) is 2.86. The standard InChI is InChI=1S/C22H32I3N3O10/c1-10(34)28(2-3-29)20-18(24)15(21(37)26-11(6-30)4-13(35)8-32)17(23)16(19(20)25)22(38)27-12(7-31)5-14(36)9-33/h11-14,29-33,35-36H,2-9H2,1H3,(H,26,37)(H,27,38). The molecule has 0 aliphatic carbocycles. The highest BCUT2D eigenvalue weighted by atomic mass is 127. The van der Waals surface area contributed by atoms with Gasteiger partial charge in [-0.15, -0.1) is 0 Å². The van der Waals surface area contributed by atoms with Gasteiger partial charge in [0.1, 0.15) is 0 Å². The molecule has 3 amide bonds. The molecule has 13 nitrogen and oxygen atoms in total. The summed E-state index contributed by atoms with van der Waals surface area (Å²) < 4.78 is 0.743. The molecule has 9 N–H and O–H groups in total. The number of halogens is 3. The maximum atomic E-state index is 13.4. The third kappa shape index (κ3) is 9.58. The predicted octanol–water partition coefficient (Wildman–Crippen LogP) is -1.49. The molecule has 38 heavy (non-hydrogen) atoms. The highest BCUT2D eigenvalue weighted by molar-refractivity contribution is 14.1. The Bertz CT molecular complexity index is 923. The Labute approximate surface area is 260 Å². The minimum absolute atomic E-state index is 0.0103. The van der Waals surface area contributed by atoms with E-state index in [0.717, 1.165) is 0 Å². The number of rotatable bonds is 15. The number of anilines is 1. The van der Waals surface area contributed by atoms with Crippen LogP contribution in [0.5, 0.6) is 0 Å². The number of benzene rings is 1. The van der Waals surface area contributed by atoms with E-state index in [1.807, 2.05) is 45.2 Å². The van der Waals surface area contributed by atoms with Crippen molar-refractivity contribution in [2.45, 2.75) is 44.1 Å². The molecule has 0 heterocycles. The van der Waals surface area contributed by atoms with Crippen LogP contribution in [0.4, 0.5) is 5.69 Å². The summed E-state index contributed by atoms with van der Waals surface area (Å²) in [6, 6.07) is -1.87. The van der Waals surface area contributed by atoms with Crippen LogP contribution in [0, 0.1) is 10.7 Å². The minimum atomic E-state index is -1.19. The van der Waals surface area contributed by atoms with Crippen molar-refractivity contribution < 1.29 is 50.1 Å². The van der Waals surface area contributed by atoms with E-state index in [1.54, 1.807) is 22.6 Å². The van der Waals surface area contributed by atoms with E-state index in [2.05, 4.69) is 10.6 Å². The van der Waals surface area contributed by atoms with Gasteiger partial charge >= 0.3 is 0 Å². The van der Waals surface area contributed by atoms with Crippen LogP contribution in [0.3, 0.4) is 0 Å². The number of aliphatic hydroxyl groups is 7. The molecule has 4 atom stereocenters. The molecule has 16 heteroatoms. The molecule has 0 aromatic heterocycles. The highest BCUT2D eigenvalue weighted by Crippen LogP contribution is 2.38. The maximum Gasteiger partial charge on any atom is 0.253 e. The van der Waals surface area contributed by atoms with Crippen molar-refractivity contribution in [1.82, 2.24) is 10.6 Å². The van der Waals surface area contributed by atoms with Crippen LogP contribution < -0.4 is 15.5 Å². The van der Waals surface area contributed by atoms with Crippen molar-refractivity contribution in [3.05, 3.63) is 21.8 Å². The maximum absolute atomic E-state index is 13.4. The quantitative estimate of drug-likeness (QED) is 0.0931. The SMILES string of the molecule is CC(=O)N(CCO)c1c(I)c(C(=O)NC(CO)CC(O)CO)c(I)c(C(=O)NC(CO)CC(O)CO)c1I. The Morgan fingerprint density at radius 3 is 1.42 bits per heavy atom. The molecule has 0 spiro atoms.